The number of benzene rings is 3. The second-order valence-electron chi connectivity index (χ2n) is 8.85. The first kappa shape index (κ1) is 25.9. The maximum Gasteiger partial charge on any atom is 0.257 e. The van der Waals surface area contributed by atoms with Crippen molar-refractivity contribution in [2.75, 3.05) is 43.8 Å². The number of amides is 3. The number of rotatable bonds is 6. The molecule has 0 spiro atoms. The van der Waals surface area contributed by atoms with Gasteiger partial charge >= 0.3 is 0 Å². The largest absolute Gasteiger partial charge is 0.367 e. The highest BCUT2D eigenvalue weighted by Gasteiger charge is 2.23. The fourth-order valence-electron chi connectivity index (χ4n) is 3.74. The van der Waals surface area contributed by atoms with Crippen LogP contribution in [0.1, 0.15) is 36.6 Å². The lowest BCUT2D eigenvalue weighted by Gasteiger charge is -2.26. The minimum Gasteiger partial charge on any atom is -0.367 e. The van der Waals surface area contributed by atoms with Crippen LogP contribution in [-0.4, -0.2) is 63.2 Å². The zero-order chi connectivity index (χ0) is 26.9. The molecule has 10 nitrogen and oxygen atoms in total. The van der Waals surface area contributed by atoms with Crippen molar-refractivity contribution in [1.29, 1.82) is 0 Å². The van der Waals surface area contributed by atoms with E-state index in [-0.39, 0.29) is 16.4 Å². The van der Waals surface area contributed by atoms with Gasteiger partial charge in [0.05, 0.1) is 17.1 Å². The number of hydrogen-bond acceptors (Lipinski definition) is 6. The molecule has 3 N–H and O–H groups in total. The summed E-state index contributed by atoms with van der Waals surface area (Å²) in [5, 5.41) is 8.70. The Balaban J connectivity index is 1.53. The predicted molar refractivity (Wildman–Crippen MR) is 141 cm³/mol. The van der Waals surface area contributed by atoms with Crippen molar-refractivity contribution >= 4 is 44.8 Å². The molecule has 192 valence electrons. The first-order chi connectivity index (χ1) is 17.5. The Labute approximate surface area is 215 Å². The first-order valence-corrected chi connectivity index (χ1v) is 12.8. The fraction of sp³-hybridized carbons (Fsp3) is 0.192. The van der Waals surface area contributed by atoms with Crippen LogP contribution in [0.15, 0.2) is 65.6 Å². The van der Waals surface area contributed by atoms with Gasteiger partial charge in [0.1, 0.15) is 0 Å². The average molecular weight is 522 g/mol. The van der Waals surface area contributed by atoms with Crippen LogP contribution in [0.2, 0.25) is 0 Å². The molecule has 1 aliphatic heterocycles. The van der Waals surface area contributed by atoms with Crippen LogP contribution in [0.3, 0.4) is 0 Å². The Morgan fingerprint density at radius 3 is 2.38 bits per heavy atom. The molecule has 3 amide bonds. The van der Waals surface area contributed by atoms with E-state index in [4.69, 9.17) is 0 Å². The molecule has 0 saturated heterocycles. The number of hydrogen-bond donors (Lipinski definition) is 3. The van der Waals surface area contributed by atoms with Gasteiger partial charge in [0.2, 0.25) is 10.0 Å². The van der Waals surface area contributed by atoms with Gasteiger partial charge in [0.15, 0.2) is 0 Å². The van der Waals surface area contributed by atoms with Crippen LogP contribution in [0, 0.1) is 6.92 Å². The third-order valence-electron chi connectivity index (χ3n) is 5.98. The molecule has 1 heterocycles. The van der Waals surface area contributed by atoms with Gasteiger partial charge in [-0.3, -0.25) is 14.4 Å². The van der Waals surface area contributed by atoms with E-state index in [1.165, 1.54) is 43.3 Å². The van der Waals surface area contributed by atoms with E-state index in [1.807, 2.05) is 6.92 Å². The first-order valence-electron chi connectivity index (χ1n) is 11.4. The topological polar surface area (TPSA) is 128 Å². The number of carbonyl (C=O) groups excluding carboxylic acids is 3. The summed E-state index contributed by atoms with van der Waals surface area (Å²) in [7, 11) is 0.816. The van der Waals surface area contributed by atoms with Gasteiger partial charge in [-0.2, -0.15) is 0 Å². The molecular weight excluding hydrogens is 494 g/mol. The monoisotopic (exact) mass is 521 g/mol. The Morgan fingerprint density at radius 1 is 0.946 bits per heavy atom. The fourth-order valence-corrected chi connectivity index (χ4v) is 4.69. The molecule has 11 heteroatoms. The van der Waals surface area contributed by atoms with Gasteiger partial charge in [-0.25, -0.2) is 12.7 Å². The Hall–Kier alpha value is -4.22. The predicted octanol–water partition coefficient (Wildman–Crippen LogP) is 3.20. The molecule has 0 bridgehead atoms. The third-order valence-corrected chi connectivity index (χ3v) is 7.80. The van der Waals surface area contributed by atoms with Crippen molar-refractivity contribution in [3.63, 3.8) is 0 Å². The second-order valence-corrected chi connectivity index (χ2v) is 11.0. The molecule has 0 radical (unpaired) electrons. The van der Waals surface area contributed by atoms with Crippen LogP contribution >= 0.6 is 0 Å². The van der Waals surface area contributed by atoms with Crippen molar-refractivity contribution in [3.8, 4) is 0 Å². The van der Waals surface area contributed by atoms with Gasteiger partial charge < -0.3 is 20.9 Å². The molecular formula is C26H27N5O5S. The molecule has 0 fully saturated rings. The normalized spacial score (nSPS) is 13.1. The lowest BCUT2D eigenvalue weighted by atomic mass is 10.0. The second kappa shape index (κ2) is 10.0. The highest BCUT2D eigenvalue weighted by molar-refractivity contribution is 7.89. The highest BCUT2D eigenvalue weighted by atomic mass is 32.2. The van der Waals surface area contributed by atoms with E-state index >= 15 is 0 Å². The van der Waals surface area contributed by atoms with Gasteiger partial charge in [-0.15, -0.1) is 0 Å². The van der Waals surface area contributed by atoms with Gasteiger partial charge in [-0.05, 0) is 61.0 Å². The Morgan fingerprint density at radius 2 is 1.65 bits per heavy atom. The summed E-state index contributed by atoms with van der Waals surface area (Å²) in [5.74, 6) is -1.08. The highest BCUT2D eigenvalue weighted by Crippen LogP contribution is 2.25. The number of aryl methyl sites for hydroxylation is 1. The van der Waals surface area contributed by atoms with Crippen molar-refractivity contribution in [2.45, 2.75) is 11.8 Å². The number of nitrogens with one attached hydrogen (secondary N) is 3. The molecule has 3 aromatic rings. The van der Waals surface area contributed by atoms with Crippen molar-refractivity contribution in [3.05, 3.63) is 82.9 Å². The van der Waals surface area contributed by atoms with Gasteiger partial charge in [0.25, 0.3) is 17.7 Å². The van der Waals surface area contributed by atoms with Crippen molar-refractivity contribution in [1.82, 2.24) is 9.21 Å². The number of nitrogens with zero attached hydrogens (tertiary/aromatic N) is 2. The summed E-state index contributed by atoms with van der Waals surface area (Å²) in [6, 6.07) is 15.7. The van der Waals surface area contributed by atoms with E-state index in [1.54, 1.807) is 43.4 Å². The molecule has 0 atom stereocenters. The molecule has 0 saturated carbocycles. The van der Waals surface area contributed by atoms with Crippen molar-refractivity contribution in [2.24, 2.45) is 0 Å². The molecule has 4 rings (SSSR count). The number of carbonyl (C=O) groups is 3. The standard InChI is InChI=1S/C26H27N5O5S/c1-16-8-10-19(28-24(32)17-6-5-7-20(12-17)37(35,36)30(2)3)14-23(16)29-25(33)18-9-11-22-21(13-18)26(34)31(4)15-27-22/h5-14,27H,15H2,1-4H3,(H,28,32)(H,29,33). The maximum atomic E-state index is 13.0. The molecule has 0 aliphatic carbocycles. The van der Waals surface area contributed by atoms with E-state index in [0.29, 0.717) is 34.9 Å². The van der Waals surface area contributed by atoms with E-state index in [2.05, 4.69) is 16.0 Å². The summed E-state index contributed by atoms with van der Waals surface area (Å²) < 4.78 is 25.9. The summed E-state index contributed by atoms with van der Waals surface area (Å²) in [6.07, 6.45) is 0. The molecule has 37 heavy (non-hydrogen) atoms. The number of fused-ring (bicyclic) bond motifs is 1. The van der Waals surface area contributed by atoms with Crippen LogP contribution in [0.25, 0.3) is 0 Å². The summed E-state index contributed by atoms with van der Waals surface area (Å²) in [5.41, 5.74) is 3.23. The molecule has 0 aromatic heterocycles. The lowest BCUT2D eigenvalue weighted by molar-refractivity contribution is 0.0796. The molecule has 0 unspecified atom stereocenters. The minimum atomic E-state index is -3.69. The number of anilines is 3. The summed E-state index contributed by atoms with van der Waals surface area (Å²) in [6.45, 7) is 2.21. The molecule has 1 aliphatic rings. The van der Waals surface area contributed by atoms with E-state index < -0.39 is 21.8 Å². The van der Waals surface area contributed by atoms with Crippen LogP contribution in [-0.2, 0) is 10.0 Å². The lowest BCUT2D eigenvalue weighted by Crippen LogP contribution is -2.36. The number of sulfonamides is 1. The van der Waals surface area contributed by atoms with Crippen molar-refractivity contribution < 1.29 is 22.8 Å². The zero-order valence-electron chi connectivity index (χ0n) is 20.8. The quantitative estimate of drug-likeness (QED) is 0.457. The summed E-state index contributed by atoms with van der Waals surface area (Å²) >= 11 is 0. The third kappa shape index (κ3) is 5.32. The summed E-state index contributed by atoms with van der Waals surface area (Å²) in [4.78, 5) is 39.8. The van der Waals surface area contributed by atoms with Crippen LogP contribution in [0.5, 0.6) is 0 Å². The van der Waals surface area contributed by atoms with Crippen LogP contribution in [0.4, 0.5) is 17.1 Å². The Bertz CT molecular complexity index is 1520. The zero-order valence-corrected chi connectivity index (χ0v) is 21.6. The van der Waals surface area contributed by atoms with Gasteiger partial charge in [-0.1, -0.05) is 12.1 Å². The van der Waals surface area contributed by atoms with Crippen LogP contribution < -0.4 is 16.0 Å². The minimum absolute atomic E-state index is 0.00642. The van der Waals surface area contributed by atoms with E-state index in [0.717, 1.165) is 9.87 Å². The SMILES string of the molecule is Cc1ccc(NC(=O)c2cccc(S(=O)(=O)N(C)C)c2)cc1NC(=O)c1ccc2c(c1)C(=O)N(C)CN2. The smallest absolute Gasteiger partial charge is 0.257 e. The average Bonchev–Trinajstić information content (AvgIpc) is 2.88. The van der Waals surface area contributed by atoms with E-state index in [9.17, 15) is 22.8 Å². The Kier molecular flexibility index (Phi) is 7.01. The molecule has 3 aromatic carbocycles. The maximum absolute atomic E-state index is 13.0. The van der Waals surface area contributed by atoms with Gasteiger partial charge in [0, 0.05) is 49.3 Å².